The van der Waals surface area contributed by atoms with E-state index in [2.05, 4.69) is 46.9 Å². The van der Waals surface area contributed by atoms with Crippen LogP contribution in [0.1, 0.15) is 52.4 Å². The average molecular weight is 439 g/mol. The fourth-order valence-electron chi connectivity index (χ4n) is 4.19. The van der Waals surface area contributed by atoms with Gasteiger partial charge in [0.05, 0.1) is 16.0 Å². The Morgan fingerprint density at radius 3 is 2.56 bits per heavy atom. The van der Waals surface area contributed by atoms with Gasteiger partial charge in [0.25, 0.3) is 5.56 Å². The summed E-state index contributed by atoms with van der Waals surface area (Å²) in [6.07, 6.45) is 1.90. The van der Waals surface area contributed by atoms with E-state index in [1.54, 1.807) is 16.7 Å². The third-order valence-electron chi connectivity index (χ3n) is 5.25. The third-order valence-corrected chi connectivity index (χ3v) is 5.86. The molecule has 1 aromatic carbocycles. The first-order valence-corrected chi connectivity index (χ1v) is 10.5. The van der Waals surface area contributed by atoms with Crippen LogP contribution in [-0.4, -0.2) is 39.6 Å². The minimum absolute atomic E-state index is 0.0470. The first-order chi connectivity index (χ1) is 12.9. The average Bonchev–Trinajstić information content (AvgIpc) is 2.61. The Bertz CT molecular complexity index is 874. The zero-order valence-electron chi connectivity index (χ0n) is 16.4. The van der Waals surface area contributed by atoms with E-state index in [-0.39, 0.29) is 17.0 Å². The van der Waals surface area contributed by atoms with E-state index in [1.165, 1.54) is 0 Å². The SMILES string of the molecule is CCCC(c1nc2ccc(Br)c(F)c2c(=O)n1CC)N1C[C@@H](C)N[C@@H](C)C1. The molecular formula is C20H28BrFN4O. The maximum Gasteiger partial charge on any atom is 0.264 e. The van der Waals surface area contributed by atoms with Crippen molar-refractivity contribution in [1.82, 2.24) is 19.8 Å². The molecule has 1 unspecified atom stereocenters. The van der Waals surface area contributed by atoms with Crippen molar-refractivity contribution in [3.8, 4) is 0 Å². The fraction of sp³-hybridized carbons (Fsp3) is 0.600. The van der Waals surface area contributed by atoms with Crippen LogP contribution in [0.5, 0.6) is 0 Å². The van der Waals surface area contributed by atoms with Crippen molar-refractivity contribution in [3.05, 3.63) is 38.6 Å². The summed E-state index contributed by atoms with van der Waals surface area (Å²) in [6.45, 7) is 10.7. The van der Waals surface area contributed by atoms with Gasteiger partial charge in [-0.3, -0.25) is 14.3 Å². The van der Waals surface area contributed by atoms with Gasteiger partial charge in [0.2, 0.25) is 0 Å². The predicted molar refractivity (Wildman–Crippen MR) is 111 cm³/mol. The van der Waals surface area contributed by atoms with Gasteiger partial charge in [-0.1, -0.05) is 13.3 Å². The topological polar surface area (TPSA) is 50.2 Å². The molecule has 0 radical (unpaired) electrons. The lowest BCUT2D eigenvalue weighted by Gasteiger charge is -2.41. The molecule has 3 atom stereocenters. The van der Waals surface area contributed by atoms with E-state index in [4.69, 9.17) is 4.98 Å². The summed E-state index contributed by atoms with van der Waals surface area (Å²) in [6, 6.07) is 4.14. The molecule has 1 N–H and O–H groups in total. The molecule has 0 spiro atoms. The highest BCUT2D eigenvalue weighted by atomic mass is 79.9. The number of benzene rings is 1. The van der Waals surface area contributed by atoms with Crippen LogP contribution in [-0.2, 0) is 6.54 Å². The molecule has 1 aliphatic rings. The van der Waals surface area contributed by atoms with E-state index in [9.17, 15) is 9.18 Å². The molecule has 1 saturated heterocycles. The third kappa shape index (κ3) is 3.96. The molecule has 2 aromatic rings. The number of rotatable bonds is 5. The summed E-state index contributed by atoms with van der Waals surface area (Å²) in [7, 11) is 0. The fourth-order valence-corrected chi connectivity index (χ4v) is 4.52. The number of piperazine rings is 1. The van der Waals surface area contributed by atoms with Gasteiger partial charge in [0, 0.05) is 31.7 Å². The highest BCUT2D eigenvalue weighted by Gasteiger charge is 2.31. The normalized spacial score (nSPS) is 22.3. The summed E-state index contributed by atoms with van der Waals surface area (Å²) in [4.78, 5) is 20.3. The Balaban J connectivity index is 2.17. The Labute approximate surface area is 168 Å². The Morgan fingerprint density at radius 2 is 1.96 bits per heavy atom. The lowest BCUT2D eigenvalue weighted by Crippen LogP contribution is -2.55. The van der Waals surface area contributed by atoms with Crippen LogP contribution < -0.4 is 10.9 Å². The summed E-state index contributed by atoms with van der Waals surface area (Å²) < 4.78 is 16.5. The maximum absolute atomic E-state index is 14.6. The standard InChI is InChI=1S/C20H28BrFN4O/c1-5-7-16(25-10-12(3)23-13(4)11-25)19-24-15-9-8-14(21)18(22)17(15)20(27)26(19)6-2/h8-9,12-13,16,23H,5-7,10-11H2,1-4H3/t12-,13+,16?. The second kappa shape index (κ2) is 8.37. The minimum Gasteiger partial charge on any atom is -0.309 e. The van der Waals surface area contributed by atoms with Crippen molar-refractivity contribution in [2.45, 2.75) is 65.2 Å². The molecule has 0 amide bonds. The molecule has 148 valence electrons. The molecule has 1 fully saturated rings. The predicted octanol–water partition coefficient (Wildman–Crippen LogP) is 3.84. The van der Waals surface area contributed by atoms with Crippen LogP contribution >= 0.6 is 15.9 Å². The molecule has 0 aliphatic carbocycles. The van der Waals surface area contributed by atoms with Crippen LogP contribution in [0.3, 0.4) is 0 Å². The lowest BCUT2D eigenvalue weighted by molar-refractivity contribution is 0.109. The highest BCUT2D eigenvalue weighted by Crippen LogP contribution is 2.28. The molecule has 27 heavy (non-hydrogen) atoms. The molecule has 2 heterocycles. The van der Waals surface area contributed by atoms with Crippen LogP contribution in [0.15, 0.2) is 21.4 Å². The van der Waals surface area contributed by atoms with Crippen molar-refractivity contribution in [3.63, 3.8) is 0 Å². The largest absolute Gasteiger partial charge is 0.309 e. The highest BCUT2D eigenvalue weighted by molar-refractivity contribution is 9.10. The van der Waals surface area contributed by atoms with Crippen molar-refractivity contribution in [2.24, 2.45) is 0 Å². The van der Waals surface area contributed by atoms with Gasteiger partial charge in [0.15, 0.2) is 5.82 Å². The van der Waals surface area contributed by atoms with Gasteiger partial charge in [0.1, 0.15) is 11.2 Å². The molecule has 5 nitrogen and oxygen atoms in total. The number of halogens is 2. The first-order valence-electron chi connectivity index (χ1n) is 9.75. The number of aromatic nitrogens is 2. The van der Waals surface area contributed by atoms with Crippen molar-refractivity contribution in [1.29, 1.82) is 0 Å². The van der Waals surface area contributed by atoms with Gasteiger partial charge < -0.3 is 5.32 Å². The molecule has 1 aromatic heterocycles. The molecule has 0 saturated carbocycles. The summed E-state index contributed by atoms with van der Waals surface area (Å²) in [5, 5.41) is 3.62. The number of nitrogens with one attached hydrogen (secondary N) is 1. The van der Waals surface area contributed by atoms with Gasteiger partial charge in [-0.25, -0.2) is 9.37 Å². The lowest BCUT2D eigenvalue weighted by atomic mass is 10.0. The summed E-state index contributed by atoms with van der Waals surface area (Å²) >= 11 is 3.18. The van der Waals surface area contributed by atoms with E-state index < -0.39 is 5.82 Å². The van der Waals surface area contributed by atoms with Crippen LogP contribution in [0.2, 0.25) is 0 Å². The number of hydrogen-bond donors (Lipinski definition) is 1. The molecule has 1 aliphatic heterocycles. The molecule has 3 rings (SSSR count). The quantitative estimate of drug-likeness (QED) is 0.769. The zero-order valence-corrected chi connectivity index (χ0v) is 18.0. The summed E-state index contributed by atoms with van der Waals surface area (Å²) in [5.41, 5.74) is 0.131. The maximum atomic E-state index is 14.6. The van der Waals surface area contributed by atoms with Gasteiger partial charge >= 0.3 is 0 Å². The van der Waals surface area contributed by atoms with Crippen molar-refractivity contribution >= 4 is 26.8 Å². The van der Waals surface area contributed by atoms with E-state index >= 15 is 0 Å². The second-order valence-electron chi connectivity index (χ2n) is 7.50. The van der Waals surface area contributed by atoms with E-state index in [0.717, 1.165) is 31.8 Å². The number of hydrogen-bond acceptors (Lipinski definition) is 4. The Morgan fingerprint density at radius 1 is 1.30 bits per heavy atom. The monoisotopic (exact) mass is 438 g/mol. The van der Waals surface area contributed by atoms with Gasteiger partial charge in [-0.2, -0.15) is 0 Å². The van der Waals surface area contributed by atoms with Gasteiger partial charge in [-0.05, 0) is 55.3 Å². The Kier molecular flexibility index (Phi) is 6.33. The zero-order chi connectivity index (χ0) is 19.7. The van der Waals surface area contributed by atoms with E-state index in [0.29, 0.717) is 28.6 Å². The first kappa shape index (κ1) is 20.4. The smallest absolute Gasteiger partial charge is 0.264 e. The van der Waals surface area contributed by atoms with Crippen molar-refractivity contribution in [2.75, 3.05) is 13.1 Å². The van der Waals surface area contributed by atoms with Gasteiger partial charge in [-0.15, -0.1) is 0 Å². The molecular weight excluding hydrogens is 411 g/mol. The number of nitrogens with zero attached hydrogens (tertiary/aromatic N) is 3. The molecule has 0 bridgehead atoms. The van der Waals surface area contributed by atoms with Crippen molar-refractivity contribution < 1.29 is 4.39 Å². The van der Waals surface area contributed by atoms with E-state index in [1.807, 2.05) is 6.92 Å². The minimum atomic E-state index is -0.532. The second-order valence-corrected chi connectivity index (χ2v) is 8.36. The summed E-state index contributed by atoms with van der Waals surface area (Å²) in [5.74, 6) is 0.218. The van der Waals surface area contributed by atoms with Crippen LogP contribution in [0, 0.1) is 5.82 Å². The molecule has 7 heteroatoms. The Hall–Kier alpha value is -1.31. The van der Waals surface area contributed by atoms with Crippen LogP contribution in [0.4, 0.5) is 4.39 Å². The number of fused-ring (bicyclic) bond motifs is 1. The van der Waals surface area contributed by atoms with Crippen LogP contribution in [0.25, 0.3) is 10.9 Å².